The first-order valence-electron chi connectivity index (χ1n) is 10.0. The molecule has 3 rings (SSSR count). The molecule has 2 aromatic rings. The van der Waals surface area contributed by atoms with Gasteiger partial charge in [0, 0.05) is 39.2 Å². The van der Waals surface area contributed by atoms with E-state index in [1.165, 1.54) is 11.8 Å². The molecule has 2 heterocycles. The lowest BCUT2D eigenvalue weighted by Gasteiger charge is -2.30. The third-order valence-electron chi connectivity index (χ3n) is 5.39. The highest BCUT2D eigenvalue weighted by atomic mass is 32.2. The Balaban J connectivity index is 1.77. The lowest BCUT2D eigenvalue weighted by Crippen LogP contribution is -2.39. The molecule has 1 amide bonds. The van der Waals surface area contributed by atoms with E-state index >= 15 is 0 Å². The molecule has 0 unspecified atom stereocenters. The van der Waals surface area contributed by atoms with Gasteiger partial charge in [-0.05, 0) is 24.3 Å². The first-order chi connectivity index (χ1) is 14.0. The first-order valence-corrected chi connectivity index (χ1v) is 11.0. The average Bonchev–Trinajstić information content (AvgIpc) is 2.73. The molecule has 0 bridgehead atoms. The third-order valence-corrected chi connectivity index (χ3v) is 6.41. The molecule has 1 aromatic carbocycles. The van der Waals surface area contributed by atoms with Gasteiger partial charge in [0.1, 0.15) is 0 Å². The van der Waals surface area contributed by atoms with Gasteiger partial charge in [-0.1, -0.05) is 49.0 Å². The molecule has 0 N–H and O–H groups in total. The second-order valence-corrected chi connectivity index (χ2v) is 8.57. The van der Waals surface area contributed by atoms with Gasteiger partial charge in [-0.3, -0.25) is 14.2 Å². The number of carbonyl (C=O) groups excluding carboxylic acids is 1. The van der Waals surface area contributed by atoms with Crippen molar-refractivity contribution in [3.05, 3.63) is 57.5 Å². The van der Waals surface area contributed by atoms with Crippen LogP contribution < -0.4 is 5.56 Å². The Hall–Kier alpha value is -2.12. The maximum atomic E-state index is 13.0. The van der Waals surface area contributed by atoms with Crippen LogP contribution in [0.3, 0.4) is 0 Å². The van der Waals surface area contributed by atoms with Crippen LogP contribution in [0.1, 0.15) is 36.6 Å². The standard InChI is InChI=1S/C22H29N3O3S/c1-16-9-11-25(12-10-16)20(26)15-29-22-23-19(14-28-3)18(21(27)24(22)2)13-17-7-5-4-6-8-17/h4-8,16H,9-15H2,1-3H3. The summed E-state index contributed by atoms with van der Waals surface area (Å²) in [5.41, 5.74) is 2.25. The zero-order valence-electron chi connectivity index (χ0n) is 17.4. The smallest absolute Gasteiger partial charge is 0.257 e. The van der Waals surface area contributed by atoms with E-state index in [1.807, 2.05) is 35.2 Å². The Bertz CT molecular complexity index is 890. The predicted octanol–water partition coefficient (Wildman–Crippen LogP) is 2.87. The minimum absolute atomic E-state index is 0.0855. The molecule has 29 heavy (non-hydrogen) atoms. The fourth-order valence-corrected chi connectivity index (χ4v) is 4.40. The van der Waals surface area contributed by atoms with Gasteiger partial charge in [0.15, 0.2) is 5.16 Å². The van der Waals surface area contributed by atoms with Crippen molar-refractivity contribution in [2.75, 3.05) is 26.0 Å². The molecule has 0 saturated carbocycles. The van der Waals surface area contributed by atoms with Gasteiger partial charge in [0.25, 0.3) is 5.56 Å². The highest BCUT2D eigenvalue weighted by molar-refractivity contribution is 7.99. The third kappa shape index (κ3) is 5.48. The summed E-state index contributed by atoms with van der Waals surface area (Å²) in [7, 11) is 3.31. The quantitative estimate of drug-likeness (QED) is 0.514. The van der Waals surface area contributed by atoms with Crippen molar-refractivity contribution in [3.63, 3.8) is 0 Å². The number of carbonyl (C=O) groups is 1. The Morgan fingerprint density at radius 3 is 2.59 bits per heavy atom. The van der Waals surface area contributed by atoms with E-state index in [9.17, 15) is 9.59 Å². The molecule has 0 aliphatic carbocycles. The summed E-state index contributed by atoms with van der Waals surface area (Å²) in [6.45, 7) is 4.13. The zero-order chi connectivity index (χ0) is 20.8. The van der Waals surface area contributed by atoms with Crippen molar-refractivity contribution in [2.24, 2.45) is 13.0 Å². The molecule has 0 radical (unpaired) electrons. The number of benzene rings is 1. The van der Waals surface area contributed by atoms with E-state index in [2.05, 4.69) is 11.9 Å². The Morgan fingerprint density at radius 1 is 1.24 bits per heavy atom. The minimum atomic E-state index is -0.0855. The molecule has 1 fully saturated rings. The second kappa shape index (κ2) is 10.1. The number of likely N-dealkylation sites (tertiary alicyclic amines) is 1. The van der Waals surface area contributed by atoms with Crippen molar-refractivity contribution in [2.45, 2.75) is 37.9 Å². The van der Waals surface area contributed by atoms with Gasteiger partial charge in [-0.25, -0.2) is 4.98 Å². The van der Waals surface area contributed by atoms with Gasteiger partial charge in [-0.15, -0.1) is 0 Å². The molecule has 0 spiro atoms. The second-order valence-electron chi connectivity index (χ2n) is 7.63. The van der Waals surface area contributed by atoms with Crippen molar-refractivity contribution in [3.8, 4) is 0 Å². The Morgan fingerprint density at radius 2 is 1.93 bits per heavy atom. The summed E-state index contributed by atoms with van der Waals surface area (Å²) >= 11 is 1.32. The fraction of sp³-hybridized carbons (Fsp3) is 0.500. The SMILES string of the molecule is COCc1nc(SCC(=O)N2CCC(C)CC2)n(C)c(=O)c1Cc1ccccc1. The van der Waals surface area contributed by atoms with Crippen LogP contribution >= 0.6 is 11.8 Å². The number of amides is 1. The van der Waals surface area contributed by atoms with Crippen LogP contribution in [-0.4, -0.2) is 46.3 Å². The maximum Gasteiger partial charge on any atom is 0.257 e. The molecule has 6 nitrogen and oxygen atoms in total. The normalized spacial score (nSPS) is 14.9. The summed E-state index contributed by atoms with van der Waals surface area (Å²) in [6, 6.07) is 9.87. The molecular formula is C22H29N3O3S. The van der Waals surface area contributed by atoms with Crippen LogP contribution in [-0.2, 0) is 29.6 Å². The van der Waals surface area contributed by atoms with E-state index in [-0.39, 0.29) is 18.1 Å². The molecule has 7 heteroatoms. The Labute approximate surface area is 176 Å². The number of hydrogen-bond acceptors (Lipinski definition) is 5. The van der Waals surface area contributed by atoms with E-state index < -0.39 is 0 Å². The van der Waals surface area contributed by atoms with E-state index in [0.717, 1.165) is 31.5 Å². The zero-order valence-corrected chi connectivity index (χ0v) is 18.2. The van der Waals surface area contributed by atoms with Crippen molar-refractivity contribution < 1.29 is 9.53 Å². The van der Waals surface area contributed by atoms with Gasteiger partial charge < -0.3 is 9.64 Å². The summed E-state index contributed by atoms with van der Waals surface area (Å²) in [5.74, 6) is 1.08. The van der Waals surface area contributed by atoms with Crippen molar-refractivity contribution >= 4 is 17.7 Å². The first kappa shape index (κ1) is 21.6. The average molecular weight is 416 g/mol. The van der Waals surface area contributed by atoms with Crippen LogP contribution in [0.25, 0.3) is 0 Å². The predicted molar refractivity (Wildman–Crippen MR) is 115 cm³/mol. The molecule has 1 saturated heterocycles. The monoisotopic (exact) mass is 415 g/mol. The van der Waals surface area contributed by atoms with E-state index in [1.54, 1.807) is 18.7 Å². The molecule has 156 valence electrons. The van der Waals surface area contributed by atoms with E-state index in [0.29, 0.717) is 34.5 Å². The number of hydrogen-bond donors (Lipinski definition) is 0. The van der Waals surface area contributed by atoms with Gasteiger partial charge in [0.2, 0.25) is 5.91 Å². The van der Waals surface area contributed by atoms with Crippen LogP contribution in [0.15, 0.2) is 40.3 Å². The molecule has 1 aliphatic heterocycles. The summed E-state index contributed by atoms with van der Waals surface area (Å²) in [6.07, 6.45) is 2.62. The summed E-state index contributed by atoms with van der Waals surface area (Å²) < 4.78 is 6.84. The summed E-state index contributed by atoms with van der Waals surface area (Å²) in [4.78, 5) is 32.2. The Kier molecular flexibility index (Phi) is 7.50. The number of thioether (sulfide) groups is 1. The van der Waals surface area contributed by atoms with Crippen LogP contribution in [0.4, 0.5) is 0 Å². The molecule has 1 aliphatic rings. The topological polar surface area (TPSA) is 64.4 Å². The highest BCUT2D eigenvalue weighted by Crippen LogP contribution is 2.21. The van der Waals surface area contributed by atoms with Crippen LogP contribution in [0.2, 0.25) is 0 Å². The number of piperidine rings is 1. The maximum absolute atomic E-state index is 13.0. The number of aromatic nitrogens is 2. The summed E-state index contributed by atoms with van der Waals surface area (Å²) in [5, 5.41) is 0.553. The van der Waals surface area contributed by atoms with Gasteiger partial charge >= 0.3 is 0 Å². The van der Waals surface area contributed by atoms with Crippen LogP contribution in [0, 0.1) is 5.92 Å². The fourth-order valence-electron chi connectivity index (χ4n) is 3.51. The molecule has 0 atom stereocenters. The lowest BCUT2D eigenvalue weighted by atomic mass is 9.99. The van der Waals surface area contributed by atoms with Gasteiger partial charge in [-0.2, -0.15) is 0 Å². The van der Waals surface area contributed by atoms with Crippen molar-refractivity contribution in [1.29, 1.82) is 0 Å². The number of nitrogens with zero attached hydrogens (tertiary/aromatic N) is 3. The highest BCUT2D eigenvalue weighted by Gasteiger charge is 2.22. The minimum Gasteiger partial charge on any atom is -0.378 e. The largest absolute Gasteiger partial charge is 0.378 e. The van der Waals surface area contributed by atoms with Crippen molar-refractivity contribution in [1.82, 2.24) is 14.5 Å². The molecule has 1 aromatic heterocycles. The number of methoxy groups -OCH3 is 1. The van der Waals surface area contributed by atoms with E-state index in [4.69, 9.17) is 4.74 Å². The number of ether oxygens (including phenoxy) is 1. The van der Waals surface area contributed by atoms with Gasteiger partial charge in [0.05, 0.1) is 18.1 Å². The van der Waals surface area contributed by atoms with Crippen LogP contribution in [0.5, 0.6) is 0 Å². The lowest BCUT2D eigenvalue weighted by molar-refractivity contribution is -0.129. The number of rotatable bonds is 7. The molecular weight excluding hydrogens is 386 g/mol.